The summed E-state index contributed by atoms with van der Waals surface area (Å²) in [6, 6.07) is 9.35. The van der Waals surface area contributed by atoms with Gasteiger partial charge in [0.1, 0.15) is 0 Å². The van der Waals surface area contributed by atoms with Crippen LogP contribution in [-0.2, 0) is 6.42 Å². The highest BCUT2D eigenvalue weighted by Gasteiger charge is 2.18. The van der Waals surface area contributed by atoms with Crippen molar-refractivity contribution in [3.8, 4) is 11.8 Å². The van der Waals surface area contributed by atoms with Gasteiger partial charge < -0.3 is 5.32 Å². The second-order valence-corrected chi connectivity index (χ2v) is 4.27. The molecule has 1 aromatic rings. The molecule has 1 aliphatic rings. The van der Waals surface area contributed by atoms with Gasteiger partial charge in [0, 0.05) is 19.0 Å². The van der Waals surface area contributed by atoms with E-state index in [2.05, 4.69) is 41.4 Å². The average molecular weight is 213 g/mol. The average Bonchev–Trinajstić information content (AvgIpc) is 2.35. The monoisotopic (exact) mass is 213 g/mol. The lowest BCUT2D eigenvalue weighted by atomic mass is 9.88. The van der Waals surface area contributed by atoms with E-state index in [1.165, 1.54) is 30.4 Å². The Kier molecular flexibility index (Phi) is 4.02. The first-order chi connectivity index (χ1) is 7.92. The molecule has 84 valence electrons. The van der Waals surface area contributed by atoms with E-state index in [4.69, 9.17) is 0 Å². The van der Waals surface area contributed by atoms with Crippen molar-refractivity contribution in [1.29, 1.82) is 0 Å². The lowest BCUT2D eigenvalue weighted by Gasteiger charge is -2.26. The Labute approximate surface area is 98.3 Å². The van der Waals surface area contributed by atoms with E-state index in [-0.39, 0.29) is 0 Å². The second-order valence-electron chi connectivity index (χ2n) is 4.27. The Hall–Kier alpha value is -1.26. The van der Waals surface area contributed by atoms with Crippen LogP contribution in [0.25, 0.3) is 0 Å². The third-order valence-electron chi connectivity index (χ3n) is 3.19. The van der Waals surface area contributed by atoms with Crippen LogP contribution in [0, 0.1) is 11.8 Å². The summed E-state index contributed by atoms with van der Waals surface area (Å²) < 4.78 is 0. The molecule has 0 heterocycles. The number of benzene rings is 1. The molecule has 1 heteroatoms. The molecular formula is C15H19N. The maximum atomic E-state index is 3.61. The molecule has 2 rings (SSSR count). The zero-order chi connectivity index (χ0) is 11.2. The molecule has 0 saturated heterocycles. The third-order valence-corrected chi connectivity index (χ3v) is 3.19. The van der Waals surface area contributed by atoms with Crippen molar-refractivity contribution in [3.63, 3.8) is 0 Å². The molecule has 1 atom stereocenters. The van der Waals surface area contributed by atoms with Crippen molar-refractivity contribution in [2.75, 3.05) is 6.54 Å². The van der Waals surface area contributed by atoms with Crippen LogP contribution in [0.5, 0.6) is 0 Å². The summed E-state index contributed by atoms with van der Waals surface area (Å²) >= 11 is 0. The SMILES string of the molecule is CC#CCCNC1CCCc2ccccc21. The summed E-state index contributed by atoms with van der Waals surface area (Å²) in [5.41, 5.74) is 3.02. The molecule has 0 bridgehead atoms. The third kappa shape index (κ3) is 2.65. The van der Waals surface area contributed by atoms with Crippen molar-refractivity contribution >= 4 is 0 Å². The highest BCUT2D eigenvalue weighted by atomic mass is 14.9. The van der Waals surface area contributed by atoms with Crippen molar-refractivity contribution in [2.24, 2.45) is 0 Å². The van der Waals surface area contributed by atoms with Crippen molar-refractivity contribution in [1.82, 2.24) is 5.32 Å². The van der Waals surface area contributed by atoms with Crippen LogP contribution < -0.4 is 5.32 Å². The molecule has 0 fully saturated rings. The van der Waals surface area contributed by atoms with Gasteiger partial charge in [-0.05, 0) is 37.3 Å². The normalized spacial score (nSPS) is 18.4. The summed E-state index contributed by atoms with van der Waals surface area (Å²) in [5, 5.41) is 3.61. The minimum atomic E-state index is 0.545. The number of fused-ring (bicyclic) bond motifs is 1. The topological polar surface area (TPSA) is 12.0 Å². The molecule has 0 radical (unpaired) electrons. The van der Waals surface area contributed by atoms with Crippen LogP contribution >= 0.6 is 0 Å². The molecule has 1 nitrogen and oxygen atoms in total. The first kappa shape index (κ1) is 11.2. The Morgan fingerprint density at radius 2 is 2.25 bits per heavy atom. The van der Waals surface area contributed by atoms with E-state index in [1.54, 1.807) is 0 Å². The Balaban J connectivity index is 1.98. The van der Waals surface area contributed by atoms with Crippen LogP contribution in [0.2, 0.25) is 0 Å². The zero-order valence-corrected chi connectivity index (χ0v) is 9.92. The van der Waals surface area contributed by atoms with E-state index >= 15 is 0 Å². The molecule has 1 unspecified atom stereocenters. The number of hydrogen-bond acceptors (Lipinski definition) is 1. The predicted molar refractivity (Wildman–Crippen MR) is 68.2 cm³/mol. The maximum Gasteiger partial charge on any atom is 0.0323 e. The van der Waals surface area contributed by atoms with Gasteiger partial charge in [-0.3, -0.25) is 0 Å². The number of nitrogens with one attached hydrogen (secondary N) is 1. The first-order valence-electron chi connectivity index (χ1n) is 6.12. The highest BCUT2D eigenvalue weighted by molar-refractivity contribution is 5.32. The predicted octanol–water partition coefficient (Wildman–Crippen LogP) is 3.07. The molecule has 1 aromatic carbocycles. The summed E-state index contributed by atoms with van der Waals surface area (Å²) in [6.07, 6.45) is 4.75. The van der Waals surface area contributed by atoms with E-state index < -0.39 is 0 Å². The Bertz CT molecular complexity index is 397. The Morgan fingerprint density at radius 3 is 3.12 bits per heavy atom. The standard InChI is InChI=1S/C15H19N/c1-2-3-6-12-16-15-11-7-9-13-8-4-5-10-14(13)15/h4-5,8,10,15-16H,6-7,9,11-12H2,1H3. The first-order valence-corrected chi connectivity index (χ1v) is 6.12. The lowest BCUT2D eigenvalue weighted by molar-refractivity contribution is 0.466. The summed E-state index contributed by atoms with van der Waals surface area (Å²) in [7, 11) is 0. The van der Waals surface area contributed by atoms with E-state index in [0.717, 1.165) is 13.0 Å². The second kappa shape index (κ2) is 5.72. The molecule has 0 aliphatic heterocycles. The summed E-state index contributed by atoms with van der Waals surface area (Å²) in [5.74, 6) is 6.03. The molecular weight excluding hydrogens is 194 g/mol. The van der Waals surface area contributed by atoms with Crippen LogP contribution in [0.1, 0.15) is 43.4 Å². The van der Waals surface area contributed by atoms with Gasteiger partial charge in [0.25, 0.3) is 0 Å². The van der Waals surface area contributed by atoms with E-state index in [9.17, 15) is 0 Å². The van der Waals surface area contributed by atoms with Crippen LogP contribution in [-0.4, -0.2) is 6.54 Å². The maximum absolute atomic E-state index is 3.61. The Morgan fingerprint density at radius 1 is 1.38 bits per heavy atom. The fraction of sp³-hybridized carbons (Fsp3) is 0.467. The number of hydrogen-bond donors (Lipinski definition) is 1. The molecule has 0 spiro atoms. The fourth-order valence-electron chi connectivity index (χ4n) is 2.40. The highest BCUT2D eigenvalue weighted by Crippen LogP contribution is 2.29. The largest absolute Gasteiger partial charge is 0.309 e. The van der Waals surface area contributed by atoms with Crippen LogP contribution in [0.4, 0.5) is 0 Å². The van der Waals surface area contributed by atoms with Gasteiger partial charge in [-0.1, -0.05) is 24.3 Å². The minimum absolute atomic E-state index is 0.545. The van der Waals surface area contributed by atoms with Gasteiger partial charge in [0.05, 0.1) is 0 Å². The van der Waals surface area contributed by atoms with Crippen LogP contribution in [0.15, 0.2) is 24.3 Å². The molecule has 0 aromatic heterocycles. The van der Waals surface area contributed by atoms with Gasteiger partial charge in [0.15, 0.2) is 0 Å². The van der Waals surface area contributed by atoms with E-state index in [1.807, 2.05) is 6.92 Å². The fourth-order valence-corrected chi connectivity index (χ4v) is 2.40. The number of rotatable bonds is 3. The van der Waals surface area contributed by atoms with Gasteiger partial charge in [-0.25, -0.2) is 0 Å². The van der Waals surface area contributed by atoms with Gasteiger partial charge in [-0.15, -0.1) is 11.8 Å². The van der Waals surface area contributed by atoms with Crippen molar-refractivity contribution < 1.29 is 0 Å². The summed E-state index contributed by atoms with van der Waals surface area (Å²) in [6.45, 7) is 2.90. The van der Waals surface area contributed by atoms with E-state index in [0.29, 0.717) is 6.04 Å². The smallest absolute Gasteiger partial charge is 0.0323 e. The summed E-state index contributed by atoms with van der Waals surface area (Å²) in [4.78, 5) is 0. The van der Waals surface area contributed by atoms with Crippen molar-refractivity contribution in [3.05, 3.63) is 35.4 Å². The number of aryl methyl sites for hydroxylation is 1. The molecule has 1 N–H and O–H groups in total. The molecule has 16 heavy (non-hydrogen) atoms. The van der Waals surface area contributed by atoms with Gasteiger partial charge in [0.2, 0.25) is 0 Å². The van der Waals surface area contributed by atoms with Gasteiger partial charge in [-0.2, -0.15) is 0 Å². The quantitative estimate of drug-likeness (QED) is 0.601. The lowest BCUT2D eigenvalue weighted by Crippen LogP contribution is -2.25. The van der Waals surface area contributed by atoms with Gasteiger partial charge >= 0.3 is 0 Å². The molecule has 1 aliphatic carbocycles. The zero-order valence-electron chi connectivity index (χ0n) is 9.92. The molecule has 0 amide bonds. The minimum Gasteiger partial charge on any atom is -0.309 e. The van der Waals surface area contributed by atoms with Crippen LogP contribution in [0.3, 0.4) is 0 Å². The van der Waals surface area contributed by atoms with Crippen molar-refractivity contribution in [2.45, 2.75) is 38.6 Å². The molecule has 0 saturated carbocycles.